The number of nitrogens with one attached hydrogen (secondary N) is 2. The number of carbonyl (C=O) groups is 2. The quantitative estimate of drug-likeness (QED) is 0.793. The van der Waals surface area contributed by atoms with E-state index in [0.717, 1.165) is 18.4 Å². The largest absolute Gasteiger partial charge is 0.495 e. The zero-order chi connectivity index (χ0) is 15.9. The van der Waals surface area contributed by atoms with E-state index >= 15 is 0 Å². The molecule has 1 aromatic carbocycles. The standard InChI is InChI=1S/C17H22N2O3/c1-12-7-8-15(22-2)14(9-12)19-17(21)11-18-16(20)10-13-5-3-4-6-13/h3,5,7-9,13H,4,6,10-11H2,1-2H3,(H,18,20)(H,19,21). The Hall–Kier alpha value is -2.30. The van der Waals surface area contributed by atoms with Crippen LogP contribution in [0.25, 0.3) is 0 Å². The van der Waals surface area contributed by atoms with Crippen LogP contribution in [0.5, 0.6) is 5.75 Å². The topological polar surface area (TPSA) is 67.4 Å². The van der Waals surface area contributed by atoms with Crippen molar-refractivity contribution < 1.29 is 14.3 Å². The Morgan fingerprint density at radius 3 is 2.82 bits per heavy atom. The minimum Gasteiger partial charge on any atom is -0.495 e. The molecule has 0 fully saturated rings. The van der Waals surface area contributed by atoms with Gasteiger partial charge in [0.15, 0.2) is 0 Å². The van der Waals surface area contributed by atoms with Crippen LogP contribution in [0.1, 0.15) is 24.8 Å². The van der Waals surface area contributed by atoms with Crippen molar-refractivity contribution in [3.8, 4) is 5.75 Å². The van der Waals surface area contributed by atoms with Crippen molar-refractivity contribution >= 4 is 17.5 Å². The minimum absolute atomic E-state index is 0.0354. The van der Waals surface area contributed by atoms with Gasteiger partial charge in [-0.2, -0.15) is 0 Å². The van der Waals surface area contributed by atoms with Gasteiger partial charge in [-0.1, -0.05) is 18.2 Å². The molecule has 2 N–H and O–H groups in total. The number of methoxy groups -OCH3 is 1. The molecule has 2 amide bonds. The second-order valence-corrected chi connectivity index (χ2v) is 5.50. The Balaban J connectivity index is 1.81. The fourth-order valence-corrected chi connectivity index (χ4v) is 2.47. The fraction of sp³-hybridized carbons (Fsp3) is 0.412. The van der Waals surface area contributed by atoms with Gasteiger partial charge in [-0.25, -0.2) is 0 Å². The van der Waals surface area contributed by atoms with Gasteiger partial charge >= 0.3 is 0 Å². The van der Waals surface area contributed by atoms with Crippen molar-refractivity contribution in [2.75, 3.05) is 19.0 Å². The van der Waals surface area contributed by atoms with Crippen LogP contribution in [0, 0.1) is 12.8 Å². The van der Waals surface area contributed by atoms with E-state index in [4.69, 9.17) is 4.74 Å². The lowest BCUT2D eigenvalue weighted by molar-refractivity contribution is -0.124. The Bertz CT molecular complexity index is 581. The number of anilines is 1. The van der Waals surface area contributed by atoms with Gasteiger partial charge in [0.1, 0.15) is 5.75 Å². The van der Waals surface area contributed by atoms with Crippen molar-refractivity contribution in [2.24, 2.45) is 5.92 Å². The van der Waals surface area contributed by atoms with E-state index in [1.807, 2.05) is 19.1 Å². The predicted octanol–water partition coefficient (Wildman–Crippen LogP) is 2.41. The summed E-state index contributed by atoms with van der Waals surface area (Å²) in [5, 5.41) is 5.41. The molecule has 0 bridgehead atoms. The summed E-state index contributed by atoms with van der Waals surface area (Å²) in [6.45, 7) is 1.90. The molecular formula is C17H22N2O3. The average molecular weight is 302 g/mol. The highest BCUT2D eigenvalue weighted by Gasteiger charge is 2.15. The zero-order valence-corrected chi connectivity index (χ0v) is 13.0. The number of hydrogen-bond acceptors (Lipinski definition) is 3. The number of allylic oxidation sites excluding steroid dienone is 2. The summed E-state index contributed by atoms with van der Waals surface area (Å²) < 4.78 is 5.21. The van der Waals surface area contributed by atoms with E-state index in [0.29, 0.717) is 23.8 Å². The molecule has 1 aromatic rings. The molecule has 0 aliphatic heterocycles. The second kappa shape index (κ2) is 7.64. The predicted molar refractivity (Wildman–Crippen MR) is 85.9 cm³/mol. The van der Waals surface area contributed by atoms with Gasteiger partial charge in [-0.15, -0.1) is 0 Å². The van der Waals surface area contributed by atoms with Gasteiger partial charge in [0.25, 0.3) is 0 Å². The van der Waals surface area contributed by atoms with E-state index < -0.39 is 0 Å². The highest BCUT2D eigenvalue weighted by Crippen LogP contribution is 2.25. The summed E-state index contributed by atoms with van der Waals surface area (Å²) in [6, 6.07) is 5.54. The molecule has 1 unspecified atom stereocenters. The number of rotatable bonds is 6. The van der Waals surface area contributed by atoms with E-state index in [-0.39, 0.29) is 18.4 Å². The van der Waals surface area contributed by atoms with Crippen molar-refractivity contribution in [1.82, 2.24) is 5.32 Å². The third-order valence-corrected chi connectivity index (χ3v) is 3.64. The van der Waals surface area contributed by atoms with Crippen molar-refractivity contribution in [2.45, 2.75) is 26.2 Å². The van der Waals surface area contributed by atoms with Crippen molar-refractivity contribution in [1.29, 1.82) is 0 Å². The average Bonchev–Trinajstić information content (AvgIpc) is 2.98. The van der Waals surface area contributed by atoms with Crippen LogP contribution in [0.15, 0.2) is 30.4 Å². The Morgan fingerprint density at radius 1 is 1.32 bits per heavy atom. The fourth-order valence-electron chi connectivity index (χ4n) is 2.47. The first-order valence-electron chi connectivity index (χ1n) is 7.46. The molecule has 1 aliphatic rings. The van der Waals surface area contributed by atoms with Gasteiger partial charge in [0.05, 0.1) is 19.3 Å². The molecular weight excluding hydrogens is 280 g/mol. The Kier molecular flexibility index (Phi) is 5.58. The molecule has 0 saturated carbocycles. The Labute approximate surface area is 130 Å². The van der Waals surface area contributed by atoms with Crippen LogP contribution in [0.2, 0.25) is 0 Å². The number of carbonyl (C=O) groups excluding carboxylic acids is 2. The van der Waals surface area contributed by atoms with Gasteiger partial charge in [0.2, 0.25) is 11.8 Å². The zero-order valence-electron chi connectivity index (χ0n) is 13.0. The smallest absolute Gasteiger partial charge is 0.243 e. The van der Waals surface area contributed by atoms with E-state index in [2.05, 4.69) is 22.8 Å². The molecule has 0 aromatic heterocycles. The van der Waals surface area contributed by atoms with Crippen molar-refractivity contribution in [3.05, 3.63) is 35.9 Å². The molecule has 5 heteroatoms. The Morgan fingerprint density at radius 2 is 2.14 bits per heavy atom. The van der Waals surface area contributed by atoms with Crippen LogP contribution in [0.3, 0.4) is 0 Å². The summed E-state index contributed by atoms with van der Waals surface area (Å²) in [7, 11) is 1.55. The van der Waals surface area contributed by atoms with E-state index in [1.165, 1.54) is 0 Å². The molecule has 118 valence electrons. The lowest BCUT2D eigenvalue weighted by Gasteiger charge is -2.12. The van der Waals surface area contributed by atoms with E-state index in [9.17, 15) is 9.59 Å². The number of hydrogen-bond donors (Lipinski definition) is 2. The summed E-state index contributed by atoms with van der Waals surface area (Å²) in [5.41, 5.74) is 1.63. The first-order chi connectivity index (χ1) is 10.6. The van der Waals surface area contributed by atoms with E-state index in [1.54, 1.807) is 13.2 Å². The highest BCUT2D eigenvalue weighted by atomic mass is 16.5. The number of ether oxygens (including phenoxy) is 1. The molecule has 2 rings (SSSR count). The third-order valence-electron chi connectivity index (χ3n) is 3.64. The third kappa shape index (κ3) is 4.62. The van der Waals surface area contributed by atoms with Crippen LogP contribution in [-0.2, 0) is 9.59 Å². The summed E-state index contributed by atoms with van der Waals surface area (Å²) >= 11 is 0. The van der Waals surface area contributed by atoms with Crippen LogP contribution in [-0.4, -0.2) is 25.5 Å². The summed E-state index contributed by atoms with van der Waals surface area (Å²) in [6.07, 6.45) is 6.65. The lowest BCUT2D eigenvalue weighted by atomic mass is 10.1. The second-order valence-electron chi connectivity index (χ2n) is 5.50. The lowest BCUT2D eigenvalue weighted by Crippen LogP contribution is -2.33. The SMILES string of the molecule is COc1ccc(C)cc1NC(=O)CNC(=O)CC1C=CCC1. The number of aryl methyl sites for hydroxylation is 1. The first kappa shape index (κ1) is 16.1. The molecule has 5 nitrogen and oxygen atoms in total. The molecule has 0 radical (unpaired) electrons. The number of benzene rings is 1. The maximum atomic E-state index is 11.9. The first-order valence-corrected chi connectivity index (χ1v) is 7.46. The van der Waals surface area contributed by atoms with Gasteiger partial charge in [-0.05, 0) is 43.4 Å². The summed E-state index contributed by atoms with van der Waals surface area (Å²) in [5.74, 6) is 0.545. The molecule has 1 atom stereocenters. The maximum absolute atomic E-state index is 11.9. The van der Waals surface area contributed by atoms with Crippen molar-refractivity contribution in [3.63, 3.8) is 0 Å². The molecule has 0 spiro atoms. The highest BCUT2D eigenvalue weighted by molar-refractivity contribution is 5.95. The van der Waals surface area contributed by atoms with Gasteiger partial charge in [-0.3, -0.25) is 9.59 Å². The molecule has 22 heavy (non-hydrogen) atoms. The molecule has 1 aliphatic carbocycles. The molecule has 0 saturated heterocycles. The number of amides is 2. The molecule has 0 heterocycles. The monoisotopic (exact) mass is 302 g/mol. The van der Waals surface area contributed by atoms with Gasteiger partial charge < -0.3 is 15.4 Å². The minimum atomic E-state index is -0.265. The normalized spacial score (nSPS) is 16.4. The summed E-state index contributed by atoms with van der Waals surface area (Å²) in [4.78, 5) is 23.7. The maximum Gasteiger partial charge on any atom is 0.243 e. The van der Waals surface area contributed by atoms with Crippen LogP contribution in [0.4, 0.5) is 5.69 Å². The van der Waals surface area contributed by atoms with Gasteiger partial charge in [0, 0.05) is 6.42 Å². The van der Waals surface area contributed by atoms with Crippen LogP contribution < -0.4 is 15.4 Å². The van der Waals surface area contributed by atoms with Crippen LogP contribution >= 0.6 is 0 Å².